The Hall–Kier alpha value is -2.01. The second-order valence-corrected chi connectivity index (χ2v) is 4.30. The van der Waals surface area contributed by atoms with Crippen LogP contribution in [0.25, 0.3) is 0 Å². The summed E-state index contributed by atoms with van der Waals surface area (Å²) in [5, 5.41) is 2.65. The molecule has 0 radical (unpaired) electrons. The normalized spacial score (nSPS) is 10.6. The van der Waals surface area contributed by atoms with Crippen LogP contribution in [-0.2, 0) is 17.9 Å². The summed E-state index contributed by atoms with van der Waals surface area (Å²) in [4.78, 5) is 0. The molecular formula is C15H14F3NO. The van der Waals surface area contributed by atoms with E-state index in [1.165, 1.54) is 0 Å². The molecule has 0 amide bonds. The van der Waals surface area contributed by atoms with Crippen LogP contribution in [0.15, 0.2) is 36.4 Å². The molecule has 2 nitrogen and oxygen atoms in total. The first kappa shape index (κ1) is 14.4. The van der Waals surface area contributed by atoms with Crippen molar-refractivity contribution in [1.82, 2.24) is 0 Å². The fourth-order valence-electron chi connectivity index (χ4n) is 1.92. The lowest BCUT2D eigenvalue weighted by atomic mass is 10.1. The maximum absolute atomic E-state index is 13.5. The predicted molar refractivity (Wildman–Crippen MR) is 70.8 cm³/mol. The van der Waals surface area contributed by atoms with Crippen molar-refractivity contribution >= 4 is 5.69 Å². The van der Waals surface area contributed by atoms with Crippen molar-refractivity contribution in [1.29, 1.82) is 0 Å². The van der Waals surface area contributed by atoms with Gasteiger partial charge in [-0.25, -0.2) is 13.2 Å². The number of anilines is 1. The van der Waals surface area contributed by atoms with Gasteiger partial charge in [0.25, 0.3) is 0 Å². The van der Waals surface area contributed by atoms with Gasteiger partial charge < -0.3 is 10.1 Å². The number of halogens is 3. The zero-order valence-corrected chi connectivity index (χ0v) is 10.9. The largest absolute Gasteiger partial charge is 0.380 e. The molecule has 0 atom stereocenters. The van der Waals surface area contributed by atoms with Gasteiger partial charge in [0.05, 0.1) is 6.61 Å². The molecule has 106 valence electrons. The molecule has 0 aliphatic heterocycles. The van der Waals surface area contributed by atoms with Gasteiger partial charge >= 0.3 is 0 Å². The molecule has 20 heavy (non-hydrogen) atoms. The number of ether oxygens (including phenoxy) is 1. The van der Waals surface area contributed by atoms with E-state index in [2.05, 4.69) is 5.32 Å². The maximum Gasteiger partial charge on any atom is 0.152 e. The van der Waals surface area contributed by atoms with Crippen LogP contribution in [-0.4, -0.2) is 7.11 Å². The van der Waals surface area contributed by atoms with Crippen molar-refractivity contribution < 1.29 is 17.9 Å². The van der Waals surface area contributed by atoms with Crippen LogP contribution in [0.3, 0.4) is 0 Å². The van der Waals surface area contributed by atoms with E-state index in [-0.39, 0.29) is 12.2 Å². The molecule has 2 aromatic rings. The van der Waals surface area contributed by atoms with E-state index in [4.69, 9.17) is 4.74 Å². The number of benzene rings is 2. The van der Waals surface area contributed by atoms with Crippen LogP contribution >= 0.6 is 0 Å². The highest BCUT2D eigenvalue weighted by molar-refractivity contribution is 5.47. The molecule has 0 aromatic heterocycles. The van der Waals surface area contributed by atoms with E-state index in [0.29, 0.717) is 18.7 Å². The van der Waals surface area contributed by atoms with Crippen molar-refractivity contribution in [2.75, 3.05) is 12.4 Å². The third kappa shape index (κ3) is 3.30. The van der Waals surface area contributed by atoms with Gasteiger partial charge in [0, 0.05) is 25.8 Å². The minimum Gasteiger partial charge on any atom is -0.380 e. The highest BCUT2D eigenvalue weighted by atomic mass is 19.1. The first-order chi connectivity index (χ1) is 9.61. The highest BCUT2D eigenvalue weighted by Crippen LogP contribution is 2.21. The molecule has 2 rings (SSSR count). The van der Waals surface area contributed by atoms with Crippen molar-refractivity contribution in [2.45, 2.75) is 13.2 Å². The lowest BCUT2D eigenvalue weighted by Crippen LogP contribution is -2.07. The monoisotopic (exact) mass is 281 g/mol. The van der Waals surface area contributed by atoms with Crippen LogP contribution in [0.5, 0.6) is 0 Å². The van der Waals surface area contributed by atoms with E-state index in [1.807, 2.05) is 24.3 Å². The molecule has 5 heteroatoms. The number of methoxy groups -OCH3 is 1. The molecule has 0 fully saturated rings. The highest BCUT2D eigenvalue weighted by Gasteiger charge is 2.11. The lowest BCUT2D eigenvalue weighted by Gasteiger charge is -2.12. The molecule has 0 heterocycles. The molecule has 0 saturated heterocycles. The van der Waals surface area contributed by atoms with Gasteiger partial charge in [-0.05, 0) is 11.1 Å². The Bertz CT molecular complexity index is 578. The first-order valence-corrected chi connectivity index (χ1v) is 6.06. The van der Waals surface area contributed by atoms with Gasteiger partial charge in [0.2, 0.25) is 0 Å². The third-order valence-corrected chi connectivity index (χ3v) is 2.88. The number of hydrogen-bond acceptors (Lipinski definition) is 2. The molecular weight excluding hydrogens is 267 g/mol. The summed E-state index contributed by atoms with van der Waals surface area (Å²) in [5.41, 5.74) is 1.45. The first-order valence-electron chi connectivity index (χ1n) is 6.06. The summed E-state index contributed by atoms with van der Waals surface area (Å²) in [6, 6.07) is 8.68. The van der Waals surface area contributed by atoms with E-state index in [1.54, 1.807) is 7.11 Å². The van der Waals surface area contributed by atoms with E-state index in [0.717, 1.165) is 11.1 Å². The van der Waals surface area contributed by atoms with Crippen molar-refractivity contribution in [3.63, 3.8) is 0 Å². The summed E-state index contributed by atoms with van der Waals surface area (Å²) >= 11 is 0. The van der Waals surface area contributed by atoms with Crippen LogP contribution in [0, 0.1) is 17.5 Å². The Balaban J connectivity index is 2.17. The Morgan fingerprint density at radius 3 is 2.20 bits per heavy atom. The maximum atomic E-state index is 13.5. The lowest BCUT2D eigenvalue weighted by molar-refractivity contribution is 0.184. The van der Waals surface area contributed by atoms with Gasteiger partial charge in [-0.3, -0.25) is 0 Å². The van der Waals surface area contributed by atoms with Gasteiger partial charge in [0.15, 0.2) is 11.6 Å². The third-order valence-electron chi connectivity index (χ3n) is 2.88. The van der Waals surface area contributed by atoms with Crippen molar-refractivity contribution in [3.05, 3.63) is 65.0 Å². The summed E-state index contributed by atoms with van der Waals surface area (Å²) in [7, 11) is 1.57. The topological polar surface area (TPSA) is 21.3 Å². The van der Waals surface area contributed by atoms with Gasteiger partial charge in [-0.1, -0.05) is 24.3 Å². The van der Waals surface area contributed by atoms with Crippen LogP contribution in [0.2, 0.25) is 0 Å². The average Bonchev–Trinajstić information content (AvgIpc) is 2.39. The quantitative estimate of drug-likeness (QED) is 0.898. The number of rotatable bonds is 5. The predicted octanol–water partition coefficient (Wildman–Crippen LogP) is 3.86. The molecule has 0 unspecified atom stereocenters. The summed E-state index contributed by atoms with van der Waals surface area (Å²) < 4.78 is 44.9. The summed E-state index contributed by atoms with van der Waals surface area (Å²) in [5.74, 6) is -2.84. The molecule has 0 aliphatic carbocycles. The molecule has 0 aliphatic rings. The minimum absolute atomic E-state index is 0.221. The molecule has 1 N–H and O–H groups in total. The smallest absolute Gasteiger partial charge is 0.152 e. The van der Waals surface area contributed by atoms with E-state index >= 15 is 0 Å². The summed E-state index contributed by atoms with van der Waals surface area (Å²) in [6.45, 7) is 0.630. The van der Waals surface area contributed by atoms with Crippen LogP contribution in [0.1, 0.15) is 11.1 Å². The van der Waals surface area contributed by atoms with E-state index < -0.39 is 17.5 Å². The Morgan fingerprint density at radius 2 is 1.60 bits per heavy atom. The Kier molecular flexibility index (Phi) is 4.63. The molecule has 0 saturated carbocycles. The average molecular weight is 281 g/mol. The Morgan fingerprint density at radius 1 is 1.00 bits per heavy atom. The fourth-order valence-corrected chi connectivity index (χ4v) is 1.92. The van der Waals surface area contributed by atoms with Gasteiger partial charge in [-0.2, -0.15) is 0 Å². The van der Waals surface area contributed by atoms with Crippen LogP contribution < -0.4 is 5.32 Å². The number of hydrogen-bond donors (Lipinski definition) is 1. The van der Waals surface area contributed by atoms with Crippen LogP contribution in [0.4, 0.5) is 18.9 Å². The summed E-state index contributed by atoms with van der Waals surface area (Å²) in [6.07, 6.45) is 0. The zero-order valence-electron chi connectivity index (χ0n) is 10.9. The molecule has 0 spiro atoms. The van der Waals surface area contributed by atoms with Gasteiger partial charge in [-0.15, -0.1) is 0 Å². The van der Waals surface area contributed by atoms with E-state index in [9.17, 15) is 13.2 Å². The Labute approximate surface area is 115 Å². The standard InChI is InChI=1S/C15H14F3NO/c1-20-9-11-5-3-2-4-10(11)8-19-15-13(17)6-12(16)7-14(15)18/h2-7,19H,8-9H2,1H3. The van der Waals surface area contributed by atoms with Crippen molar-refractivity contribution in [3.8, 4) is 0 Å². The van der Waals surface area contributed by atoms with Gasteiger partial charge in [0.1, 0.15) is 11.5 Å². The fraction of sp³-hybridized carbons (Fsp3) is 0.200. The molecule has 2 aromatic carbocycles. The SMILES string of the molecule is COCc1ccccc1CNc1c(F)cc(F)cc1F. The number of nitrogens with one attached hydrogen (secondary N) is 1. The minimum atomic E-state index is -0.952. The zero-order chi connectivity index (χ0) is 14.5. The second-order valence-electron chi connectivity index (χ2n) is 4.30. The van der Waals surface area contributed by atoms with Crippen molar-refractivity contribution in [2.24, 2.45) is 0 Å². The second kappa shape index (κ2) is 6.43. The molecule has 0 bridgehead atoms.